The second-order valence-corrected chi connectivity index (χ2v) is 11.2. The fourth-order valence-corrected chi connectivity index (χ4v) is 7.30. The van der Waals surface area contributed by atoms with Gasteiger partial charge in [-0.2, -0.15) is 4.31 Å². The highest BCUT2D eigenvalue weighted by Crippen LogP contribution is 2.50. The lowest BCUT2D eigenvalue weighted by Crippen LogP contribution is -2.49. The SMILES string of the molecule is CC=Cc1ccc2n(c1=O)C[C@H]1[C@H](CO)[C@@H](C(=O)NC3CCC3)[C@@H]2N1S(=O)(=O)c1cn(C)cn1. The van der Waals surface area contributed by atoms with Gasteiger partial charge in [0, 0.05) is 55.7 Å². The molecule has 1 aliphatic carbocycles. The van der Waals surface area contributed by atoms with Crippen LogP contribution in [0.2, 0.25) is 0 Å². The van der Waals surface area contributed by atoms with Crippen LogP contribution in [0.25, 0.3) is 6.08 Å². The Bertz CT molecular complexity index is 1310. The van der Waals surface area contributed by atoms with Gasteiger partial charge in [0.2, 0.25) is 5.91 Å². The number of pyridine rings is 1. The summed E-state index contributed by atoms with van der Waals surface area (Å²) in [7, 11) is -2.42. The van der Waals surface area contributed by atoms with Crippen molar-refractivity contribution in [3.8, 4) is 0 Å². The fraction of sp³-hybridized carbons (Fsp3) is 0.522. The molecule has 0 aromatic carbocycles. The fourth-order valence-electron chi connectivity index (χ4n) is 5.49. The minimum absolute atomic E-state index is 0.0561. The first-order valence-corrected chi connectivity index (χ1v) is 13.0. The van der Waals surface area contributed by atoms with Crippen molar-refractivity contribution >= 4 is 22.0 Å². The van der Waals surface area contributed by atoms with Crippen molar-refractivity contribution in [3.63, 3.8) is 0 Å². The van der Waals surface area contributed by atoms with Crippen LogP contribution in [0.4, 0.5) is 0 Å². The van der Waals surface area contributed by atoms with Crippen molar-refractivity contribution in [1.82, 2.24) is 23.7 Å². The van der Waals surface area contributed by atoms with Crippen LogP contribution in [0.1, 0.15) is 43.5 Å². The van der Waals surface area contributed by atoms with Gasteiger partial charge in [-0.05, 0) is 38.3 Å². The molecule has 0 spiro atoms. The van der Waals surface area contributed by atoms with E-state index in [0.29, 0.717) is 11.3 Å². The van der Waals surface area contributed by atoms with Crippen LogP contribution < -0.4 is 10.9 Å². The van der Waals surface area contributed by atoms with Gasteiger partial charge in [-0.1, -0.05) is 12.2 Å². The zero-order chi connectivity index (χ0) is 24.2. The molecule has 10 nitrogen and oxygen atoms in total. The Morgan fingerprint density at radius 2 is 2.09 bits per heavy atom. The Balaban J connectivity index is 1.67. The molecule has 1 saturated heterocycles. The maximum Gasteiger partial charge on any atom is 0.263 e. The number of imidazole rings is 1. The van der Waals surface area contributed by atoms with E-state index in [1.165, 1.54) is 16.8 Å². The van der Waals surface area contributed by atoms with Gasteiger partial charge in [-0.3, -0.25) is 9.59 Å². The van der Waals surface area contributed by atoms with Crippen LogP contribution in [-0.4, -0.2) is 56.5 Å². The predicted molar refractivity (Wildman–Crippen MR) is 124 cm³/mol. The number of aliphatic hydroxyl groups is 1. The molecule has 2 aliphatic heterocycles. The molecular formula is C23H29N5O5S. The minimum atomic E-state index is -4.10. The van der Waals surface area contributed by atoms with E-state index in [4.69, 9.17) is 0 Å². The number of hydrogen-bond acceptors (Lipinski definition) is 6. The van der Waals surface area contributed by atoms with Crippen molar-refractivity contribution in [2.75, 3.05) is 6.61 Å². The number of aliphatic hydroxyl groups excluding tert-OH is 1. The molecule has 2 N–H and O–H groups in total. The average molecular weight is 488 g/mol. The summed E-state index contributed by atoms with van der Waals surface area (Å²) in [5.41, 5.74) is 0.707. The highest BCUT2D eigenvalue weighted by Gasteiger charge is 2.60. The van der Waals surface area contributed by atoms with Crippen LogP contribution in [0.15, 0.2) is 40.6 Å². The van der Waals surface area contributed by atoms with E-state index in [9.17, 15) is 23.1 Å². The van der Waals surface area contributed by atoms with Gasteiger partial charge in [0.05, 0.1) is 18.3 Å². The quantitative estimate of drug-likeness (QED) is 0.616. The first kappa shape index (κ1) is 23.0. The molecule has 11 heteroatoms. The second-order valence-electron chi connectivity index (χ2n) is 9.36. The third kappa shape index (κ3) is 3.45. The lowest BCUT2D eigenvalue weighted by atomic mass is 9.85. The molecule has 182 valence electrons. The van der Waals surface area contributed by atoms with E-state index in [1.54, 1.807) is 40.5 Å². The zero-order valence-electron chi connectivity index (χ0n) is 19.2. The van der Waals surface area contributed by atoms with Gasteiger partial charge in [0.25, 0.3) is 15.6 Å². The highest BCUT2D eigenvalue weighted by atomic mass is 32.2. The lowest BCUT2D eigenvalue weighted by Gasteiger charge is -2.37. The Hall–Kier alpha value is -2.76. The van der Waals surface area contributed by atoms with Gasteiger partial charge in [0.1, 0.15) is 0 Å². The molecule has 3 aliphatic rings. The number of nitrogens with zero attached hydrogens (tertiary/aromatic N) is 4. The molecular weight excluding hydrogens is 458 g/mol. The molecule has 0 radical (unpaired) electrons. The molecule has 1 amide bonds. The third-order valence-electron chi connectivity index (χ3n) is 7.34. The summed E-state index contributed by atoms with van der Waals surface area (Å²) >= 11 is 0. The number of sulfonamides is 1. The van der Waals surface area contributed by atoms with Crippen molar-refractivity contribution in [2.45, 2.75) is 55.9 Å². The van der Waals surface area contributed by atoms with Crippen LogP contribution in [0.5, 0.6) is 0 Å². The first-order valence-electron chi connectivity index (χ1n) is 11.6. The van der Waals surface area contributed by atoms with Crippen molar-refractivity contribution in [1.29, 1.82) is 0 Å². The summed E-state index contributed by atoms with van der Waals surface area (Å²) in [6.45, 7) is 1.50. The first-order chi connectivity index (χ1) is 16.3. The number of carbonyl (C=O) groups excluding carboxylic acids is 1. The molecule has 4 heterocycles. The molecule has 4 atom stereocenters. The van der Waals surface area contributed by atoms with Crippen LogP contribution in [0, 0.1) is 11.8 Å². The lowest BCUT2D eigenvalue weighted by molar-refractivity contribution is -0.128. The number of nitrogens with one attached hydrogen (secondary N) is 1. The van der Waals surface area contributed by atoms with Gasteiger partial charge < -0.3 is 19.6 Å². The van der Waals surface area contributed by atoms with Gasteiger partial charge in [0.15, 0.2) is 5.03 Å². The Morgan fingerprint density at radius 1 is 1.32 bits per heavy atom. The number of fused-ring (bicyclic) bond motifs is 4. The molecule has 0 unspecified atom stereocenters. The summed E-state index contributed by atoms with van der Waals surface area (Å²) in [4.78, 5) is 30.8. The Labute approximate surface area is 198 Å². The summed E-state index contributed by atoms with van der Waals surface area (Å²) in [6, 6.07) is 1.77. The highest BCUT2D eigenvalue weighted by molar-refractivity contribution is 7.89. The summed E-state index contributed by atoms with van der Waals surface area (Å²) in [5, 5.41) is 13.3. The van der Waals surface area contributed by atoms with E-state index in [-0.39, 0.29) is 35.7 Å². The molecule has 2 aromatic rings. The number of allylic oxidation sites excluding steroid dienone is 1. The topological polar surface area (TPSA) is 127 Å². The van der Waals surface area contributed by atoms with E-state index >= 15 is 0 Å². The molecule has 5 rings (SSSR count). The largest absolute Gasteiger partial charge is 0.396 e. The van der Waals surface area contributed by atoms with E-state index in [2.05, 4.69) is 10.3 Å². The van der Waals surface area contributed by atoms with E-state index in [0.717, 1.165) is 19.3 Å². The smallest absolute Gasteiger partial charge is 0.263 e. The van der Waals surface area contributed by atoms with Crippen molar-refractivity contribution in [2.24, 2.45) is 18.9 Å². The van der Waals surface area contributed by atoms with Gasteiger partial charge in [-0.15, -0.1) is 0 Å². The predicted octanol–water partition coefficient (Wildman–Crippen LogP) is 0.636. The standard InChI is InChI=1S/C23H29N5O5S/c1-3-5-14-8-9-17-21-20(22(30)25-15-6-4-7-15)16(12-29)18(10-27(17)23(14)31)28(21)34(32,33)19-11-26(2)13-24-19/h3,5,8-9,11,13,15-16,18,20-21,29H,4,6-7,10,12H2,1-2H3,(H,25,30)/t16-,18-,20+,21+/m0/s1. The monoisotopic (exact) mass is 487 g/mol. The normalized spacial score (nSPS) is 27.0. The summed E-state index contributed by atoms with van der Waals surface area (Å²) < 4.78 is 32.0. The van der Waals surface area contributed by atoms with Gasteiger partial charge in [-0.25, -0.2) is 13.4 Å². The van der Waals surface area contributed by atoms with Crippen LogP contribution in [-0.2, 0) is 28.4 Å². The molecule has 34 heavy (non-hydrogen) atoms. The molecule has 2 fully saturated rings. The number of aryl methyl sites for hydroxylation is 1. The maximum absolute atomic E-state index is 13.8. The molecule has 2 aromatic heterocycles. The zero-order valence-corrected chi connectivity index (χ0v) is 20.0. The Kier molecular flexibility index (Phi) is 5.73. The number of hydrogen-bond donors (Lipinski definition) is 2. The number of rotatable bonds is 6. The summed E-state index contributed by atoms with van der Waals surface area (Å²) in [6.07, 6.45) is 9.11. The maximum atomic E-state index is 13.8. The van der Waals surface area contributed by atoms with Crippen LogP contribution in [0.3, 0.4) is 0 Å². The van der Waals surface area contributed by atoms with E-state index in [1.807, 2.05) is 6.92 Å². The van der Waals surface area contributed by atoms with Crippen molar-refractivity contribution < 1.29 is 18.3 Å². The number of amides is 1. The number of carbonyl (C=O) groups is 1. The average Bonchev–Trinajstić information content (AvgIpc) is 3.32. The summed E-state index contributed by atoms with van der Waals surface area (Å²) in [5.74, 6) is -1.77. The minimum Gasteiger partial charge on any atom is -0.396 e. The van der Waals surface area contributed by atoms with Crippen LogP contribution >= 0.6 is 0 Å². The molecule has 1 saturated carbocycles. The van der Waals surface area contributed by atoms with E-state index < -0.39 is 33.9 Å². The van der Waals surface area contributed by atoms with Gasteiger partial charge >= 0.3 is 0 Å². The van der Waals surface area contributed by atoms with Crippen molar-refractivity contribution in [3.05, 3.63) is 52.3 Å². The number of aromatic nitrogens is 3. The third-order valence-corrected chi connectivity index (χ3v) is 9.13. The Morgan fingerprint density at radius 3 is 2.68 bits per heavy atom. The molecule has 2 bridgehead atoms. The second kappa shape index (κ2) is 8.47.